The first-order chi connectivity index (χ1) is 7.15. The fourth-order valence-corrected chi connectivity index (χ4v) is 0.941. The maximum absolute atomic E-state index is 11.2. The van der Waals surface area contributed by atoms with E-state index < -0.39 is 11.9 Å². The summed E-state index contributed by atoms with van der Waals surface area (Å²) in [5.74, 6) is -1.19. The third-order valence-electron chi connectivity index (χ3n) is 1.71. The van der Waals surface area contributed by atoms with Crippen LogP contribution in [0.4, 0.5) is 0 Å². The van der Waals surface area contributed by atoms with Gasteiger partial charge in [-0.3, -0.25) is 0 Å². The molecule has 0 radical (unpaired) electrons. The lowest BCUT2D eigenvalue weighted by atomic mass is 10.1. The number of hydrogen-bond acceptors (Lipinski definition) is 5. The Labute approximate surface area is 88.0 Å². The normalized spacial score (nSPS) is 10.7. The Morgan fingerprint density at radius 1 is 1.20 bits per heavy atom. The van der Waals surface area contributed by atoms with E-state index in [1.54, 1.807) is 0 Å². The van der Waals surface area contributed by atoms with Gasteiger partial charge in [0.2, 0.25) is 0 Å². The highest BCUT2D eigenvalue weighted by Gasteiger charge is 2.11. The average Bonchev–Trinajstić information content (AvgIpc) is 2.26. The SMILES string of the molecule is COC(=O)/C=C(/CCCC=O)C(=O)OC. The topological polar surface area (TPSA) is 69.7 Å². The predicted molar refractivity (Wildman–Crippen MR) is 52.0 cm³/mol. The zero-order valence-corrected chi connectivity index (χ0v) is 8.82. The van der Waals surface area contributed by atoms with E-state index in [0.29, 0.717) is 19.3 Å². The van der Waals surface area contributed by atoms with Crippen molar-refractivity contribution in [3.63, 3.8) is 0 Å². The van der Waals surface area contributed by atoms with Gasteiger partial charge >= 0.3 is 11.9 Å². The smallest absolute Gasteiger partial charge is 0.333 e. The van der Waals surface area contributed by atoms with Gasteiger partial charge in [0.25, 0.3) is 0 Å². The van der Waals surface area contributed by atoms with E-state index in [-0.39, 0.29) is 5.57 Å². The first kappa shape index (κ1) is 13.4. The first-order valence-corrected chi connectivity index (χ1v) is 4.46. The van der Waals surface area contributed by atoms with Crippen LogP contribution in [0.2, 0.25) is 0 Å². The minimum Gasteiger partial charge on any atom is -0.466 e. The Balaban J connectivity index is 4.43. The van der Waals surface area contributed by atoms with Crippen LogP contribution in [0.1, 0.15) is 19.3 Å². The molecule has 0 saturated heterocycles. The minimum atomic E-state index is -0.610. The molecule has 15 heavy (non-hydrogen) atoms. The standard InChI is InChI=1S/C10H14O5/c1-14-9(12)7-8(10(13)15-2)5-3-4-6-11/h6-7H,3-5H2,1-2H3/b8-7-. The Morgan fingerprint density at radius 3 is 2.33 bits per heavy atom. The van der Waals surface area contributed by atoms with E-state index in [1.807, 2.05) is 0 Å². The molecule has 0 atom stereocenters. The molecule has 0 heterocycles. The summed E-state index contributed by atoms with van der Waals surface area (Å²) in [6, 6.07) is 0. The number of rotatable bonds is 6. The second kappa shape index (κ2) is 7.73. The van der Waals surface area contributed by atoms with Crippen LogP contribution in [0.5, 0.6) is 0 Å². The van der Waals surface area contributed by atoms with Crippen molar-refractivity contribution in [1.29, 1.82) is 0 Å². The molecule has 0 aliphatic rings. The summed E-state index contributed by atoms with van der Waals surface area (Å²) in [5, 5.41) is 0. The number of esters is 2. The number of carbonyl (C=O) groups is 3. The summed E-state index contributed by atoms with van der Waals surface area (Å²) in [5.41, 5.74) is 0.214. The highest BCUT2D eigenvalue weighted by atomic mass is 16.5. The molecule has 0 rings (SSSR count). The Hall–Kier alpha value is -1.65. The Morgan fingerprint density at radius 2 is 1.87 bits per heavy atom. The Bertz CT molecular complexity index is 267. The van der Waals surface area contributed by atoms with Gasteiger partial charge in [-0.05, 0) is 12.8 Å². The molecule has 0 aromatic carbocycles. The van der Waals surface area contributed by atoms with E-state index in [4.69, 9.17) is 0 Å². The maximum Gasteiger partial charge on any atom is 0.333 e. The van der Waals surface area contributed by atoms with Crippen LogP contribution in [0.3, 0.4) is 0 Å². The van der Waals surface area contributed by atoms with E-state index in [9.17, 15) is 14.4 Å². The van der Waals surface area contributed by atoms with Gasteiger partial charge in [-0.1, -0.05) is 0 Å². The number of ether oxygens (including phenoxy) is 2. The third-order valence-corrected chi connectivity index (χ3v) is 1.71. The van der Waals surface area contributed by atoms with Crippen molar-refractivity contribution in [2.24, 2.45) is 0 Å². The molecule has 0 amide bonds. The van der Waals surface area contributed by atoms with Gasteiger partial charge in [-0.2, -0.15) is 0 Å². The van der Waals surface area contributed by atoms with Crippen molar-refractivity contribution < 1.29 is 23.9 Å². The zero-order valence-electron chi connectivity index (χ0n) is 8.82. The highest BCUT2D eigenvalue weighted by Crippen LogP contribution is 2.08. The number of aldehydes is 1. The highest BCUT2D eigenvalue weighted by molar-refractivity contribution is 5.96. The summed E-state index contributed by atoms with van der Waals surface area (Å²) in [6.07, 6.45) is 3.00. The molecular weight excluding hydrogens is 200 g/mol. The number of unbranched alkanes of at least 4 members (excludes halogenated alkanes) is 1. The lowest BCUT2D eigenvalue weighted by Crippen LogP contribution is -2.08. The van der Waals surface area contributed by atoms with Crippen molar-refractivity contribution >= 4 is 18.2 Å². The lowest BCUT2D eigenvalue weighted by molar-refractivity contribution is -0.138. The average molecular weight is 214 g/mol. The van der Waals surface area contributed by atoms with Gasteiger partial charge in [0, 0.05) is 18.1 Å². The molecule has 0 spiro atoms. The maximum atomic E-state index is 11.2. The van der Waals surface area contributed by atoms with Gasteiger partial charge in [0.1, 0.15) is 6.29 Å². The molecule has 0 aliphatic carbocycles. The van der Waals surface area contributed by atoms with E-state index in [1.165, 1.54) is 14.2 Å². The number of hydrogen-bond donors (Lipinski definition) is 0. The van der Waals surface area contributed by atoms with E-state index in [0.717, 1.165) is 12.4 Å². The number of methoxy groups -OCH3 is 2. The fourth-order valence-electron chi connectivity index (χ4n) is 0.941. The minimum absolute atomic E-state index is 0.214. The Kier molecular flexibility index (Phi) is 6.88. The molecule has 0 bridgehead atoms. The monoisotopic (exact) mass is 214 g/mol. The van der Waals surface area contributed by atoms with Crippen LogP contribution >= 0.6 is 0 Å². The van der Waals surface area contributed by atoms with Gasteiger partial charge < -0.3 is 14.3 Å². The van der Waals surface area contributed by atoms with Crippen LogP contribution in [-0.2, 0) is 23.9 Å². The molecule has 0 N–H and O–H groups in total. The molecule has 0 fully saturated rings. The summed E-state index contributed by atoms with van der Waals surface area (Å²) in [7, 11) is 2.45. The molecule has 84 valence electrons. The van der Waals surface area contributed by atoms with Gasteiger partial charge in [0.15, 0.2) is 0 Å². The van der Waals surface area contributed by atoms with Gasteiger partial charge in [0.05, 0.1) is 14.2 Å². The quantitative estimate of drug-likeness (QED) is 0.281. The van der Waals surface area contributed by atoms with Crippen molar-refractivity contribution in [3.05, 3.63) is 11.6 Å². The molecule has 0 aromatic heterocycles. The van der Waals surface area contributed by atoms with Crippen molar-refractivity contribution in [2.75, 3.05) is 14.2 Å². The summed E-state index contributed by atoms with van der Waals surface area (Å²) < 4.78 is 8.87. The van der Waals surface area contributed by atoms with Crippen LogP contribution in [-0.4, -0.2) is 32.4 Å². The van der Waals surface area contributed by atoms with E-state index in [2.05, 4.69) is 9.47 Å². The summed E-state index contributed by atoms with van der Waals surface area (Å²) in [6.45, 7) is 0. The molecule has 5 nitrogen and oxygen atoms in total. The lowest BCUT2D eigenvalue weighted by Gasteiger charge is -2.03. The van der Waals surface area contributed by atoms with Crippen molar-refractivity contribution in [3.8, 4) is 0 Å². The van der Waals surface area contributed by atoms with Crippen molar-refractivity contribution in [1.82, 2.24) is 0 Å². The molecule has 0 aromatic rings. The summed E-state index contributed by atoms with van der Waals surface area (Å²) >= 11 is 0. The molecule has 0 unspecified atom stereocenters. The molecule has 0 saturated carbocycles. The summed E-state index contributed by atoms with van der Waals surface area (Å²) in [4.78, 5) is 32.1. The van der Waals surface area contributed by atoms with Crippen LogP contribution in [0, 0.1) is 0 Å². The molecule has 5 heteroatoms. The second-order valence-electron chi connectivity index (χ2n) is 2.74. The molecule has 0 aliphatic heterocycles. The third kappa shape index (κ3) is 5.61. The van der Waals surface area contributed by atoms with E-state index >= 15 is 0 Å². The van der Waals surface area contributed by atoms with Crippen LogP contribution in [0.15, 0.2) is 11.6 Å². The van der Waals surface area contributed by atoms with Crippen molar-refractivity contribution in [2.45, 2.75) is 19.3 Å². The number of carbonyl (C=O) groups excluding carboxylic acids is 3. The van der Waals surface area contributed by atoms with Crippen LogP contribution in [0.25, 0.3) is 0 Å². The zero-order chi connectivity index (χ0) is 11.7. The predicted octanol–water partition coefficient (Wildman–Crippen LogP) is 0.628. The van der Waals surface area contributed by atoms with Crippen LogP contribution < -0.4 is 0 Å². The first-order valence-electron chi connectivity index (χ1n) is 4.46. The fraction of sp³-hybridized carbons (Fsp3) is 0.500. The van der Waals surface area contributed by atoms with Gasteiger partial charge in [-0.15, -0.1) is 0 Å². The largest absolute Gasteiger partial charge is 0.466 e. The second-order valence-corrected chi connectivity index (χ2v) is 2.74. The van der Waals surface area contributed by atoms with Gasteiger partial charge in [-0.25, -0.2) is 9.59 Å². The molecular formula is C10H14O5.